The Morgan fingerprint density at radius 1 is 0.812 bits per heavy atom. The summed E-state index contributed by atoms with van der Waals surface area (Å²) in [4.78, 5) is 8.48. The molecule has 0 aliphatic heterocycles. The highest BCUT2D eigenvalue weighted by Crippen LogP contribution is 2.11. The van der Waals surface area contributed by atoms with Crippen molar-refractivity contribution in [3.8, 4) is 11.4 Å². The van der Waals surface area contributed by atoms with Crippen LogP contribution in [0.4, 0.5) is 0 Å². The lowest BCUT2D eigenvalue weighted by molar-refractivity contribution is 1.19. The van der Waals surface area contributed by atoms with Gasteiger partial charge in [-0.3, -0.25) is 0 Å². The molecule has 0 fully saturated rings. The van der Waals surface area contributed by atoms with Crippen LogP contribution in [-0.2, 0) is 0 Å². The van der Waals surface area contributed by atoms with Gasteiger partial charge >= 0.3 is 0 Å². The fourth-order valence-electron chi connectivity index (χ4n) is 1.12. The molecule has 2 unspecified atom stereocenters. The molecule has 0 aliphatic carbocycles. The smallest absolute Gasteiger partial charge is 0.159 e. The van der Waals surface area contributed by atoms with E-state index in [4.69, 9.17) is 0 Å². The van der Waals surface area contributed by atoms with Gasteiger partial charge in [0.2, 0.25) is 0 Å². The van der Waals surface area contributed by atoms with E-state index in [1.165, 1.54) is 0 Å². The van der Waals surface area contributed by atoms with Gasteiger partial charge in [0.1, 0.15) is 0 Å². The summed E-state index contributed by atoms with van der Waals surface area (Å²) >= 11 is 0. The van der Waals surface area contributed by atoms with Crippen LogP contribution < -0.4 is 10.6 Å². The molecule has 4 heteroatoms. The maximum Gasteiger partial charge on any atom is 0.159 e. The molecular formula is C12H16N2P2. The van der Waals surface area contributed by atoms with Gasteiger partial charge in [0.25, 0.3) is 0 Å². The highest BCUT2D eigenvalue weighted by molar-refractivity contribution is 7.27. The number of benzene rings is 1. The Morgan fingerprint density at radius 3 is 1.81 bits per heavy atom. The van der Waals surface area contributed by atoms with Crippen molar-refractivity contribution in [3.05, 3.63) is 36.7 Å². The van der Waals surface area contributed by atoms with Gasteiger partial charge in [-0.2, -0.15) is 0 Å². The number of hydrogen-bond donors (Lipinski definition) is 0. The SMILES string of the molecule is CC.Pc1ccc(-c2ncc(P)cn2)cc1. The Kier molecular flexibility index (Phi) is 5.52. The average Bonchev–Trinajstić information content (AvgIpc) is 2.34. The summed E-state index contributed by atoms with van der Waals surface area (Å²) in [7, 11) is 5.22. The van der Waals surface area contributed by atoms with Gasteiger partial charge in [-0.15, -0.1) is 18.5 Å². The summed E-state index contributed by atoms with van der Waals surface area (Å²) < 4.78 is 0. The molecule has 1 aromatic heterocycles. The van der Waals surface area contributed by atoms with Crippen molar-refractivity contribution in [2.24, 2.45) is 0 Å². The van der Waals surface area contributed by atoms with E-state index in [2.05, 4.69) is 28.4 Å². The lowest BCUT2D eigenvalue weighted by Crippen LogP contribution is -1.97. The van der Waals surface area contributed by atoms with Crippen molar-refractivity contribution >= 4 is 29.1 Å². The normalized spacial score (nSPS) is 9.25. The van der Waals surface area contributed by atoms with Gasteiger partial charge in [0.15, 0.2) is 5.82 Å². The Hall–Kier alpha value is -0.840. The molecule has 2 atom stereocenters. The van der Waals surface area contributed by atoms with E-state index in [1.807, 2.05) is 38.1 Å². The second-order valence-corrected chi connectivity index (χ2v) is 4.30. The molecular weight excluding hydrogens is 234 g/mol. The summed E-state index contributed by atoms with van der Waals surface area (Å²) in [5, 5.41) is 2.16. The minimum Gasteiger partial charge on any atom is -0.236 e. The van der Waals surface area contributed by atoms with Crippen molar-refractivity contribution in [3.63, 3.8) is 0 Å². The van der Waals surface area contributed by atoms with Gasteiger partial charge in [0, 0.05) is 23.3 Å². The third-order valence-corrected chi connectivity index (χ3v) is 2.52. The van der Waals surface area contributed by atoms with E-state index in [0.717, 1.165) is 22.0 Å². The van der Waals surface area contributed by atoms with Crippen LogP contribution in [-0.4, -0.2) is 9.97 Å². The number of hydrogen-bond acceptors (Lipinski definition) is 2. The van der Waals surface area contributed by atoms with Crippen LogP contribution in [0.5, 0.6) is 0 Å². The van der Waals surface area contributed by atoms with E-state index in [0.29, 0.717) is 0 Å². The Balaban J connectivity index is 0.000000606. The Bertz CT molecular complexity index is 380. The molecule has 0 N–H and O–H groups in total. The fraction of sp³-hybridized carbons (Fsp3) is 0.167. The van der Waals surface area contributed by atoms with Crippen LogP contribution in [0.1, 0.15) is 13.8 Å². The summed E-state index contributed by atoms with van der Waals surface area (Å²) in [6.45, 7) is 4.00. The molecule has 0 saturated carbocycles. The molecule has 2 rings (SSSR count). The standard InChI is InChI=1S/C10H10N2P2.C2H6/c13-8-3-1-7(2-4-8)10-11-5-9(14)6-12-10;1-2/h1-6H,13-14H2;1-2H3. The third kappa shape index (κ3) is 3.63. The first-order valence-electron chi connectivity index (χ1n) is 5.19. The predicted molar refractivity (Wildman–Crippen MR) is 77.5 cm³/mol. The molecule has 0 spiro atoms. The zero-order chi connectivity index (χ0) is 12.0. The van der Waals surface area contributed by atoms with Crippen molar-refractivity contribution in [1.82, 2.24) is 9.97 Å². The minimum atomic E-state index is 0.765. The number of aromatic nitrogens is 2. The van der Waals surface area contributed by atoms with Gasteiger partial charge in [-0.05, 0) is 5.30 Å². The lowest BCUT2D eigenvalue weighted by Gasteiger charge is -2.00. The van der Waals surface area contributed by atoms with Crippen LogP contribution in [0.3, 0.4) is 0 Å². The van der Waals surface area contributed by atoms with Crippen LogP contribution in [0, 0.1) is 0 Å². The van der Waals surface area contributed by atoms with Gasteiger partial charge < -0.3 is 0 Å². The molecule has 0 saturated heterocycles. The minimum absolute atomic E-state index is 0.765. The van der Waals surface area contributed by atoms with Gasteiger partial charge in [-0.1, -0.05) is 38.1 Å². The summed E-state index contributed by atoms with van der Waals surface area (Å²) in [5.74, 6) is 0.765. The summed E-state index contributed by atoms with van der Waals surface area (Å²) in [6.07, 6.45) is 3.59. The molecule has 84 valence electrons. The quantitative estimate of drug-likeness (QED) is 0.725. The fourth-order valence-corrected chi connectivity index (χ4v) is 1.46. The van der Waals surface area contributed by atoms with Crippen molar-refractivity contribution in [2.45, 2.75) is 13.8 Å². The van der Waals surface area contributed by atoms with E-state index >= 15 is 0 Å². The zero-order valence-electron chi connectivity index (χ0n) is 9.51. The molecule has 16 heavy (non-hydrogen) atoms. The van der Waals surface area contributed by atoms with E-state index in [-0.39, 0.29) is 0 Å². The molecule has 2 nitrogen and oxygen atoms in total. The first kappa shape index (κ1) is 13.2. The molecule has 1 heterocycles. The van der Waals surface area contributed by atoms with Gasteiger partial charge in [0.05, 0.1) is 0 Å². The highest BCUT2D eigenvalue weighted by Gasteiger charge is 1.98. The zero-order valence-corrected chi connectivity index (χ0v) is 11.8. The first-order valence-corrected chi connectivity index (χ1v) is 6.34. The number of rotatable bonds is 1. The van der Waals surface area contributed by atoms with E-state index < -0.39 is 0 Å². The molecule has 1 aromatic carbocycles. The number of nitrogens with zero attached hydrogens (tertiary/aromatic N) is 2. The van der Waals surface area contributed by atoms with Crippen molar-refractivity contribution in [1.29, 1.82) is 0 Å². The topological polar surface area (TPSA) is 25.8 Å². The molecule has 0 aliphatic rings. The second kappa shape index (κ2) is 6.68. The molecule has 0 bridgehead atoms. The molecule has 0 radical (unpaired) electrons. The maximum absolute atomic E-state index is 4.24. The van der Waals surface area contributed by atoms with Crippen LogP contribution in [0.2, 0.25) is 0 Å². The third-order valence-electron chi connectivity index (χ3n) is 1.84. The van der Waals surface area contributed by atoms with E-state index in [1.54, 1.807) is 12.4 Å². The van der Waals surface area contributed by atoms with Crippen LogP contribution in [0.25, 0.3) is 11.4 Å². The van der Waals surface area contributed by atoms with Gasteiger partial charge in [-0.25, -0.2) is 9.97 Å². The van der Waals surface area contributed by atoms with Crippen LogP contribution >= 0.6 is 18.5 Å². The first-order chi connectivity index (χ1) is 7.75. The predicted octanol–water partition coefficient (Wildman–Crippen LogP) is 2.17. The maximum atomic E-state index is 4.24. The summed E-state index contributed by atoms with van der Waals surface area (Å²) in [5.41, 5.74) is 1.04. The van der Waals surface area contributed by atoms with Crippen LogP contribution in [0.15, 0.2) is 36.7 Å². The monoisotopic (exact) mass is 250 g/mol. The van der Waals surface area contributed by atoms with Crippen molar-refractivity contribution in [2.75, 3.05) is 0 Å². The van der Waals surface area contributed by atoms with Crippen molar-refractivity contribution < 1.29 is 0 Å². The summed E-state index contributed by atoms with van der Waals surface area (Å²) in [6, 6.07) is 8.08. The van der Waals surface area contributed by atoms with E-state index in [9.17, 15) is 0 Å². The Morgan fingerprint density at radius 2 is 1.31 bits per heavy atom. The Labute approximate surface area is 101 Å². The highest BCUT2D eigenvalue weighted by atomic mass is 31.0. The molecule has 0 amide bonds. The largest absolute Gasteiger partial charge is 0.236 e. The second-order valence-electron chi connectivity index (χ2n) is 2.96. The molecule has 2 aromatic rings. The average molecular weight is 250 g/mol. The lowest BCUT2D eigenvalue weighted by atomic mass is 10.2.